The number of pyridine rings is 1. The molecule has 0 unspecified atom stereocenters. The van der Waals surface area contributed by atoms with Gasteiger partial charge in [-0.15, -0.1) is 0 Å². The molecule has 1 aromatic heterocycles. The standard InChI is InChI=1S/C22H23N3O2/c1-2-17-8-10-18(11-9-17)24-21-13-12-19(16-23-21)25-22(26)14-15-27-20-6-4-3-5-7-20/h3-13,16H,2,14-15H2,1H3,(H,23,24)(H,25,26). The van der Waals surface area contributed by atoms with E-state index < -0.39 is 0 Å². The van der Waals surface area contributed by atoms with Crippen LogP contribution in [0.4, 0.5) is 17.2 Å². The maximum Gasteiger partial charge on any atom is 0.227 e. The van der Waals surface area contributed by atoms with Crippen molar-refractivity contribution < 1.29 is 9.53 Å². The van der Waals surface area contributed by atoms with Gasteiger partial charge in [-0.2, -0.15) is 0 Å². The first kappa shape index (κ1) is 18.5. The van der Waals surface area contributed by atoms with Gasteiger partial charge in [0.25, 0.3) is 0 Å². The van der Waals surface area contributed by atoms with E-state index in [9.17, 15) is 4.79 Å². The Morgan fingerprint density at radius 3 is 2.37 bits per heavy atom. The molecule has 0 radical (unpaired) electrons. The smallest absolute Gasteiger partial charge is 0.227 e. The van der Waals surface area contributed by atoms with Crippen molar-refractivity contribution in [2.45, 2.75) is 19.8 Å². The molecule has 0 bridgehead atoms. The van der Waals surface area contributed by atoms with Crippen molar-refractivity contribution in [3.8, 4) is 5.75 Å². The van der Waals surface area contributed by atoms with Gasteiger partial charge >= 0.3 is 0 Å². The molecule has 5 nitrogen and oxygen atoms in total. The minimum Gasteiger partial charge on any atom is -0.493 e. The van der Waals surface area contributed by atoms with E-state index in [1.54, 1.807) is 6.20 Å². The summed E-state index contributed by atoms with van der Waals surface area (Å²) in [6, 6.07) is 21.4. The highest BCUT2D eigenvalue weighted by atomic mass is 16.5. The summed E-state index contributed by atoms with van der Waals surface area (Å²) < 4.78 is 5.53. The lowest BCUT2D eigenvalue weighted by molar-refractivity contribution is -0.116. The fraction of sp³-hybridized carbons (Fsp3) is 0.182. The zero-order valence-corrected chi connectivity index (χ0v) is 15.3. The monoisotopic (exact) mass is 361 g/mol. The van der Waals surface area contributed by atoms with Gasteiger partial charge in [-0.3, -0.25) is 4.79 Å². The van der Waals surface area contributed by atoms with Crippen molar-refractivity contribution in [2.75, 3.05) is 17.2 Å². The summed E-state index contributed by atoms with van der Waals surface area (Å²) in [5, 5.41) is 6.07. The number of aromatic nitrogens is 1. The first-order valence-electron chi connectivity index (χ1n) is 9.02. The average Bonchev–Trinajstić information content (AvgIpc) is 2.71. The van der Waals surface area contributed by atoms with Crippen LogP contribution in [0.5, 0.6) is 5.75 Å². The van der Waals surface area contributed by atoms with Crippen molar-refractivity contribution in [1.29, 1.82) is 0 Å². The number of amides is 1. The summed E-state index contributed by atoms with van der Waals surface area (Å²) in [4.78, 5) is 16.3. The predicted octanol–water partition coefficient (Wildman–Crippen LogP) is 4.80. The number of rotatable bonds is 8. The SMILES string of the molecule is CCc1ccc(Nc2ccc(NC(=O)CCOc3ccccc3)cn2)cc1. The van der Waals surface area contributed by atoms with E-state index in [0.29, 0.717) is 12.3 Å². The summed E-state index contributed by atoms with van der Waals surface area (Å²) in [5.74, 6) is 1.38. The van der Waals surface area contributed by atoms with Gasteiger partial charge in [0.1, 0.15) is 11.6 Å². The lowest BCUT2D eigenvalue weighted by Gasteiger charge is -2.09. The highest BCUT2D eigenvalue weighted by molar-refractivity contribution is 5.90. The second-order valence-corrected chi connectivity index (χ2v) is 6.07. The lowest BCUT2D eigenvalue weighted by Crippen LogP contribution is -2.15. The molecule has 2 aromatic carbocycles. The number of hydrogen-bond donors (Lipinski definition) is 2. The number of anilines is 3. The maximum atomic E-state index is 12.0. The van der Waals surface area contributed by atoms with Crippen LogP contribution >= 0.6 is 0 Å². The molecule has 138 valence electrons. The molecule has 1 amide bonds. The van der Waals surface area contributed by atoms with Crippen molar-refractivity contribution in [2.24, 2.45) is 0 Å². The van der Waals surface area contributed by atoms with Crippen LogP contribution in [-0.4, -0.2) is 17.5 Å². The molecule has 0 aliphatic carbocycles. The molecule has 0 atom stereocenters. The van der Waals surface area contributed by atoms with Crippen molar-refractivity contribution in [3.63, 3.8) is 0 Å². The van der Waals surface area contributed by atoms with Crippen LogP contribution < -0.4 is 15.4 Å². The van der Waals surface area contributed by atoms with Gasteiger partial charge in [0.2, 0.25) is 5.91 Å². The summed E-state index contributed by atoms with van der Waals surface area (Å²) >= 11 is 0. The third-order valence-corrected chi connectivity index (χ3v) is 4.02. The number of hydrogen-bond acceptors (Lipinski definition) is 4. The lowest BCUT2D eigenvalue weighted by atomic mass is 10.1. The Hall–Kier alpha value is -3.34. The van der Waals surface area contributed by atoms with E-state index >= 15 is 0 Å². The van der Waals surface area contributed by atoms with E-state index in [0.717, 1.165) is 23.7 Å². The average molecular weight is 361 g/mol. The van der Waals surface area contributed by atoms with E-state index in [-0.39, 0.29) is 12.3 Å². The van der Waals surface area contributed by atoms with Gasteiger partial charge in [-0.1, -0.05) is 37.3 Å². The van der Waals surface area contributed by atoms with E-state index in [2.05, 4.69) is 34.7 Å². The van der Waals surface area contributed by atoms with Gasteiger partial charge in [-0.05, 0) is 48.4 Å². The van der Waals surface area contributed by atoms with Gasteiger partial charge in [0, 0.05) is 5.69 Å². The topological polar surface area (TPSA) is 63.2 Å². The predicted molar refractivity (Wildman–Crippen MR) is 109 cm³/mol. The molecular formula is C22H23N3O2. The summed E-state index contributed by atoms with van der Waals surface area (Å²) in [6.07, 6.45) is 2.93. The second-order valence-electron chi connectivity index (χ2n) is 6.07. The minimum absolute atomic E-state index is 0.108. The molecular weight excluding hydrogens is 338 g/mol. The molecule has 0 spiro atoms. The highest BCUT2D eigenvalue weighted by Crippen LogP contribution is 2.17. The number of carbonyl (C=O) groups is 1. The number of aryl methyl sites for hydroxylation is 1. The van der Waals surface area contributed by atoms with Crippen LogP contribution in [0.1, 0.15) is 18.9 Å². The third kappa shape index (κ3) is 5.85. The third-order valence-electron chi connectivity index (χ3n) is 4.02. The molecule has 1 heterocycles. The van der Waals surface area contributed by atoms with Gasteiger partial charge in [0.05, 0.1) is 24.9 Å². The first-order valence-corrected chi connectivity index (χ1v) is 9.02. The quantitative estimate of drug-likeness (QED) is 0.605. The molecule has 0 saturated carbocycles. The Kier molecular flexibility index (Phi) is 6.41. The molecule has 3 aromatic rings. The van der Waals surface area contributed by atoms with E-state index in [4.69, 9.17) is 4.74 Å². The summed E-state index contributed by atoms with van der Waals surface area (Å²) in [6.45, 7) is 2.46. The normalized spacial score (nSPS) is 10.3. The second kappa shape index (κ2) is 9.38. The van der Waals surface area contributed by atoms with E-state index in [1.807, 2.05) is 54.6 Å². The minimum atomic E-state index is -0.108. The summed E-state index contributed by atoms with van der Waals surface area (Å²) in [5.41, 5.74) is 2.93. The molecule has 0 saturated heterocycles. The number of nitrogens with zero attached hydrogens (tertiary/aromatic N) is 1. The van der Waals surface area contributed by atoms with Crippen LogP contribution in [0.15, 0.2) is 72.9 Å². The van der Waals surface area contributed by atoms with Crippen LogP contribution in [0.2, 0.25) is 0 Å². The molecule has 0 aliphatic heterocycles. The van der Waals surface area contributed by atoms with Crippen LogP contribution in [0.3, 0.4) is 0 Å². The van der Waals surface area contributed by atoms with E-state index in [1.165, 1.54) is 5.56 Å². The maximum absolute atomic E-state index is 12.0. The van der Waals surface area contributed by atoms with Gasteiger partial charge in [0.15, 0.2) is 0 Å². The highest BCUT2D eigenvalue weighted by Gasteiger charge is 2.04. The Bertz CT molecular complexity index is 847. The van der Waals surface area contributed by atoms with Gasteiger partial charge < -0.3 is 15.4 Å². The van der Waals surface area contributed by atoms with Crippen molar-refractivity contribution in [3.05, 3.63) is 78.5 Å². The number of para-hydroxylation sites is 1. The molecule has 5 heteroatoms. The van der Waals surface area contributed by atoms with Crippen LogP contribution in [0.25, 0.3) is 0 Å². The van der Waals surface area contributed by atoms with Crippen molar-refractivity contribution >= 4 is 23.1 Å². The largest absolute Gasteiger partial charge is 0.493 e. The first-order chi connectivity index (χ1) is 13.2. The Balaban J connectivity index is 1.45. The molecule has 27 heavy (non-hydrogen) atoms. The summed E-state index contributed by atoms with van der Waals surface area (Å²) in [7, 11) is 0. The molecule has 0 aliphatic rings. The van der Waals surface area contributed by atoms with Gasteiger partial charge in [-0.25, -0.2) is 4.98 Å². The number of nitrogens with one attached hydrogen (secondary N) is 2. The Labute approximate surface area is 159 Å². The van der Waals surface area contributed by atoms with Crippen molar-refractivity contribution in [1.82, 2.24) is 4.98 Å². The number of carbonyl (C=O) groups excluding carboxylic acids is 1. The zero-order chi connectivity index (χ0) is 18.9. The Morgan fingerprint density at radius 2 is 1.70 bits per heavy atom. The Morgan fingerprint density at radius 1 is 0.963 bits per heavy atom. The number of benzene rings is 2. The fourth-order valence-corrected chi connectivity index (χ4v) is 2.52. The molecule has 3 rings (SSSR count). The number of ether oxygens (including phenoxy) is 1. The van der Waals surface area contributed by atoms with Crippen LogP contribution in [0, 0.1) is 0 Å². The molecule has 0 fully saturated rings. The fourth-order valence-electron chi connectivity index (χ4n) is 2.52. The van der Waals surface area contributed by atoms with Crippen LogP contribution in [-0.2, 0) is 11.2 Å². The molecule has 2 N–H and O–H groups in total. The zero-order valence-electron chi connectivity index (χ0n) is 15.3.